The first-order valence-corrected chi connectivity index (χ1v) is 14.6. The quantitative estimate of drug-likeness (QED) is 0.348. The minimum Gasteiger partial charge on any atom is -0.496 e. The van der Waals surface area contributed by atoms with E-state index in [1.54, 1.807) is 12.1 Å². The zero-order valence-electron chi connectivity index (χ0n) is 22.6. The molecule has 0 saturated carbocycles. The molecule has 2 atom stereocenters. The Kier molecular flexibility index (Phi) is 10.3. The van der Waals surface area contributed by atoms with Crippen LogP contribution in [0, 0.1) is 0 Å². The van der Waals surface area contributed by atoms with Gasteiger partial charge in [-0.25, -0.2) is 8.42 Å². The van der Waals surface area contributed by atoms with Gasteiger partial charge in [0.1, 0.15) is 5.75 Å². The van der Waals surface area contributed by atoms with Crippen LogP contribution in [0.25, 0.3) is 0 Å². The first kappa shape index (κ1) is 29.6. The molecule has 0 aromatic heterocycles. The van der Waals surface area contributed by atoms with Gasteiger partial charge >= 0.3 is 5.97 Å². The van der Waals surface area contributed by atoms with Crippen molar-refractivity contribution in [3.05, 3.63) is 59.2 Å². The van der Waals surface area contributed by atoms with Crippen LogP contribution in [-0.4, -0.2) is 58.9 Å². The van der Waals surface area contributed by atoms with E-state index < -0.39 is 21.3 Å². The first-order chi connectivity index (χ1) is 18.2. The molecule has 0 aliphatic carbocycles. The molecule has 0 unspecified atom stereocenters. The Labute approximate surface area is 225 Å². The number of nitrogens with one attached hydrogen (secondary N) is 3. The molecule has 1 amide bonds. The molecular formula is C28H39N3O6S. The van der Waals surface area contributed by atoms with Gasteiger partial charge in [-0.3, -0.25) is 20.2 Å². The van der Waals surface area contributed by atoms with Gasteiger partial charge in [-0.05, 0) is 36.1 Å². The molecule has 0 radical (unpaired) electrons. The maximum atomic E-state index is 13.9. The van der Waals surface area contributed by atoms with Crippen LogP contribution in [0.4, 0.5) is 0 Å². The lowest BCUT2D eigenvalue weighted by molar-refractivity contribution is -0.139. The van der Waals surface area contributed by atoms with E-state index in [1.807, 2.05) is 37.3 Å². The fourth-order valence-electron chi connectivity index (χ4n) is 4.86. The Bertz CT molecular complexity index is 1220. The van der Waals surface area contributed by atoms with E-state index in [1.165, 1.54) is 14.2 Å². The van der Waals surface area contributed by atoms with Crippen LogP contribution in [-0.2, 0) is 30.7 Å². The minimum atomic E-state index is -3.68. The zero-order valence-corrected chi connectivity index (χ0v) is 23.4. The average molecular weight is 546 g/mol. The summed E-state index contributed by atoms with van der Waals surface area (Å²) in [5.74, 6) is -0.342. The van der Waals surface area contributed by atoms with Crippen LogP contribution in [0.15, 0.2) is 47.4 Å². The molecule has 0 bridgehead atoms. The first-order valence-electron chi connectivity index (χ1n) is 13.0. The van der Waals surface area contributed by atoms with E-state index in [0.29, 0.717) is 23.3 Å². The molecular weight excluding hydrogens is 506 g/mol. The second-order valence-corrected chi connectivity index (χ2v) is 11.6. The Hall–Kier alpha value is -2.95. The van der Waals surface area contributed by atoms with Gasteiger partial charge in [0.05, 0.1) is 44.0 Å². The second kappa shape index (κ2) is 13.2. The van der Waals surface area contributed by atoms with Gasteiger partial charge in [0.2, 0.25) is 5.91 Å². The molecule has 2 aromatic carbocycles. The van der Waals surface area contributed by atoms with Gasteiger partial charge < -0.3 is 14.8 Å². The van der Waals surface area contributed by atoms with E-state index in [2.05, 4.69) is 27.6 Å². The molecule has 0 fully saturated rings. The summed E-state index contributed by atoms with van der Waals surface area (Å²) in [7, 11) is -0.877. The average Bonchev–Trinajstić information content (AvgIpc) is 3.02. The summed E-state index contributed by atoms with van der Waals surface area (Å²) in [5.41, 5.74) is 1.58. The lowest BCUT2D eigenvalue weighted by atomic mass is 9.88. The monoisotopic (exact) mass is 545 g/mol. The third kappa shape index (κ3) is 7.12. The lowest BCUT2D eigenvalue weighted by Gasteiger charge is -2.36. The molecule has 1 aliphatic heterocycles. The normalized spacial score (nSPS) is 20.2. The third-order valence-electron chi connectivity index (χ3n) is 7.05. The highest BCUT2D eigenvalue weighted by molar-refractivity contribution is 7.91. The molecule has 3 N–H and O–H groups in total. The summed E-state index contributed by atoms with van der Waals surface area (Å²) in [5, 5.41) is 9.23. The summed E-state index contributed by atoms with van der Waals surface area (Å²) >= 11 is 0. The van der Waals surface area contributed by atoms with Gasteiger partial charge in [-0.15, -0.1) is 0 Å². The second-order valence-electron chi connectivity index (χ2n) is 9.64. The van der Waals surface area contributed by atoms with Gasteiger partial charge in [0.25, 0.3) is 0 Å². The smallest absolute Gasteiger partial charge is 0.319 e. The highest BCUT2D eigenvalue weighted by Crippen LogP contribution is 2.40. The van der Waals surface area contributed by atoms with Crippen molar-refractivity contribution in [1.82, 2.24) is 16.0 Å². The van der Waals surface area contributed by atoms with E-state index in [4.69, 9.17) is 4.74 Å². The number of benzene rings is 2. The number of hydrogen-bond donors (Lipinski definition) is 3. The summed E-state index contributed by atoms with van der Waals surface area (Å²) in [6, 6.07) is 12.9. The van der Waals surface area contributed by atoms with Crippen molar-refractivity contribution in [3.63, 3.8) is 0 Å². The Morgan fingerprint density at radius 1 is 1.11 bits per heavy atom. The molecule has 1 heterocycles. The summed E-state index contributed by atoms with van der Waals surface area (Å²) < 4.78 is 38.0. The number of hydrogen-bond acceptors (Lipinski definition) is 8. The number of esters is 1. The number of carbonyl (C=O) groups excluding carboxylic acids is 2. The fraction of sp³-hybridized carbons (Fsp3) is 0.500. The van der Waals surface area contributed by atoms with E-state index in [-0.39, 0.29) is 42.2 Å². The number of rotatable bonds is 12. The van der Waals surface area contributed by atoms with Crippen LogP contribution in [0.3, 0.4) is 0 Å². The number of methoxy groups -OCH3 is 2. The highest BCUT2D eigenvalue weighted by atomic mass is 32.2. The molecule has 1 aliphatic rings. The Balaban J connectivity index is 2.00. The van der Waals surface area contributed by atoms with E-state index in [0.717, 1.165) is 24.8 Å². The van der Waals surface area contributed by atoms with Crippen LogP contribution in [0.1, 0.15) is 62.3 Å². The fourth-order valence-corrected chi connectivity index (χ4v) is 7.04. The van der Waals surface area contributed by atoms with Gasteiger partial charge in [0.15, 0.2) is 9.84 Å². The van der Waals surface area contributed by atoms with E-state index in [9.17, 15) is 18.0 Å². The van der Waals surface area contributed by atoms with Crippen molar-refractivity contribution in [1.29, 1.82) is 0 Å². The highest BCUT2D eigenvalue weighted by Gasteiger charge is 2.42. The molecule has 208 valence electrons. The molecule has 10 heteroatoms. The summed E-state index contributed by atoms with van der Waals surface area (Å²) in [6.45, 7) is 4.04. The number of sulfone groups is 1. The topological polar surface area (TPSA) is 123 Å². The van der Waals surface area contributed by atoms with Crippen molar-refractivity contribution < 1.29 is 27.5 Å². The largest absolute Gasteiger partial charge is 0.496 e. The molecule has 2 aromatic rings. The molecule has 0 spiro atoms. The number of amides is 1. The summed E-state index contributed by atoms with van der Waals surface area (Å²) in [4.78, 5) is 23.8. The SMILES string of the molecule is CCCC[C@]1(CC)CS(=O)(=O)c2cc(CNC(=O)CNCC(=O)OC)c(OC)cc2[C@@H](c2ccccc2)N1. The molecule has 38 heavy (non-hydrogen) atoms. The molecule has 3 rings (SSSR count). The number of fused-ring (bicyclic) bond motifs is 1. The van der Waals surface area contributed by atoms with Gasteiger partial charge in [-0.1, -0.05) is 57.0 Å². The van der Waals surface area contributed by atoms with Crippen molar-refractivity contribution in [2.24, 2.45) is 0 Å². The standard InChI is InChI=1S/C28H39N3O6S/c1-5-7-13-28(6-2)19-38(34,35)24-14-21(16-30-25(32)17-29-18-26(33)37-4)23(36-3)15-22(24)27(31-28)20-11-9-8-10-12-20/h8-12,14-15,27,29,31H,5-7,13,16-19H2,1-4H3,(H,30,32)/t27-,28-/m1/s1. The van der Waals surface area contributed by atoms with Crippen molar-refractivity contribution in [3.8, 4) is 5.75 Å². The number of ether oxygens (including phenoxy) is 2. The summed E-state index contributed by atoms with van der Waals surface area (Å²) in [6.07, 6.45) is 3.30. The van der Waals surface area contributed by atoms with Crippen molar-refractivity contribution in [2.75, 3.05) is 33.1 Å². The third-order valence-corrected chi connectivity index (χ3v) is 9.01. The molecule has 9 nitrogen and oxygen atoms in total. The maximum absolute atomic E-state index is 13.9. The van der Waals surface area contributed by atoms with Crippen molar-refractivity contribution in [2.45, 2.75) is 62.6 Å². The minimum absolute atomic E-state index is 0.0115. The van der Waals surface area contributed by atoms with E-state index >= 15 is 0 Å². The van der Waals surface area contributed by atoms with Gasteiger partial charge in [0, 0.05) is 17.6 Å². The zero-order chi connectivity index (χ0) is 27.8. The predicted octanol–water partition coefficient (Wildman–Crippen LogP) is 2.88. The van der Waals surface area contributed by atoms with Crippen LogP contribution < -0.4 is 20.7 Å². The predicted molar refractivity (Wildman–Crippen MR) is 146 cm³/mol. The lowest BCUT2D eigenvalue weighted by Crippen LogP contribution is -2.50. The van der Waals surface area contributed by atoms with Gasteiger partial charge in [-0.2, -0.15) is 0 Å². The Morgan fingerprint density at radius 3 is 2.47 bits per heavy atom. The van der Waals surface area contributed by atoms with Crippen molar-refractivity contribution >= 4 is 21.7 Å². The Morgan fingerprint density at radius 2 is 1.84 bits per heavy atom. The van der Waals surface area contributed by atoms with Crippen LogP contribution >= 0.6 is 0 Å². The maximum Gasteiger partial charge on any atom is 0.319 e. The molecule has 0 saturated heterocycles. The number of unbranched alkanes of at least 4 members (excludes halogenated alkanes) is 1. The van der Waals surface area contributed by atoms with Crippen LogP contribution in [0.5, 0.6) is 5.75 Å². The van der Waals surface area contributed by atoms with Crippen LogP contribution in [0.2, 0.25) is 0 Å². The number of carbonyl (C=O) groups is 2.